The lowest BCUT2D eigenvalue weighted by Crippen LogP contribution is -2.25. The van der Waals surface area contributed by atoms with E-state index in [0.717, 1.165) is 23.0 Å². The van der Waals surface area contributed by atoms with Crippen LogP contribution in [-0.4, -0.2) is 48.8 Å². The average Bonchev–Trinajstić information content (AvgIpc) is 3.38. The minimum atomic E-state index is -3.28. The fourth-order valence-corrected chi connectivity index (χ4v) is 4.66. The van der Waals surface area contributed by atoms with Crippen molar-refractivity contribution in [3.63, 3.8) is 0 Å². The molecule has 5 rings (SSSR count). The van der Waals surface area contributed by atoms with E-state index >= 15 is 0 Å². The topological polar surface area (TPSA) is 151 Å². The molecule has 0 fully saturated rings. The van der Waals surface area contributed by atoms with Crippen LogP contribution in [0.4, 0.5) is 11.6 Å². The molecular weight excluding hydrogens is 496 g/mol. The molecule has 3 heterocycles. The smallest absolute Gasteiger partial charge is 0.281 e. The molecule has 1 aliphatic rings. The molecule has 3 N–H and O–H groups in total. The molecule has 11 nitrogen and oxygen atoms in total. The number of aromatic nitrogens is 3. The highest BCUT2D eigenvalue weighted by Gasteiger charge is 2.21. The number of methoxy groups -OCH3 is 1. The van der Waals surface area contributed by atoms with E-state index in [4.69, 9.17) is 15.2 Å². The van der Waals surface area contributed by atoms with Crippen molar-refractivity contribution in [1.29, 1.82) is 0 Å². The fraction of sp³-hybridized carbons (Fsp3) is 0.200. The highest BCUT2D eigenvalue weighted by molar-refractivity contribution is 7.90. The van der Waals surface area contributed by atoms with Gasteiger partial charge in [0.2, 0.25) is 5.62 Å². The third-order valence-corrected chi connectivity index (χ3v) is 7.01. The summed E-state index contributed by atoms with van der Waals surface area (Å²) in [5, 5.41) is 4.12. The van der Waals surface area contributed by atoms with Gasteiger partial charge in [-0.15, -0.1) is 0 Å². The first-order valence-corrected chi connectivity index (χ1v) is 13.2. The van der Waals surface area contributed by atoms with Crippen LogP contribution in [0.5, 0.6) is 11.5 Å². The van der Waals surface area contributed by atoms with E-state index in [-0.39, 0.29) is 17.1 Å². The number of carbonyl (C=O) groups excluding carboxylic acids is 1. The van der Waals surface area contributed by atoms with Gasteiger partial charge in [0.1, 0.15) is 23.8 Å². The van der Waals surface area contributed by atoms with E-state index in [0.29, 0.717) is 41.5 Å². The lowest BCUT2D eigenvalue weighted by molar-refractivity contribution is 0.0996. The van der Waals surface area contributed by atoms with Crippen molar-refractivity contribution in [3.05, 3.63) is 71.5 Å². The Morgan fingerprint density at radius 2 is 1.95 bits per heavy atom. The van der Waals surface area contributed by atoms with Crippen molar-refractivity contribution in [2.24, 2.45) is 4.99 Å². The van der Waals surface area contributed by atoms with Gasteiger partial charge in [-0.05, 0) is 42.0 Å². The number of fused-ring (bicyclic) bond motifs is 3. The van der Waals surface area contributed by atoms with Crippen molar-refractivity contribution in [2.45, 2.75) is 18.0 Å². The first-order chi connectivity index (χ1) is 17.7. The van der Waals surface area contributed by atoms with Gasteiger partial charge in [0, 0.05) is 30.9 Å². The number of nitrogens with zero attached hydrogens (tertiary/aromatic N) is 4. The van der Waals surface area contributed by atoms with Crippen LogP contribution in [0.1, 0.15) is 15.9 Å². The highest BCUT2D eigenvalue weighted by Crippen LogP contribution is 2.37. The molecule has 0 spiro atoms. The van der Waals surface area contributed by atoms with Gasteiger partial charge in [-0.1, -0.05) is 12.1 Å². The third kappa shape index (κ3) is 4.83. The monoisotopic (exact) mass is 520 g/mol. The fourth-order valence-electron chi connectivity index (χ4n) is 4.03. The van der Waals surface area contributed by atoms with E-state index in [1.54, 1.807) is 36.4 Å². The van der Waals surface area contributed by atoms with Crippen molar-refractivity contribution >= 4 is 38.3 Å². The lowest BCUT2D eigenvalue weighted by Gasteiger charge is -2.15. The van der Waals surface area contributed by atoms with Crippen molar-refractivity contribution in [1.82, 2.24) is 14.5 Å². The van der Waals surface area contributed by atoms with Gasteiger partial charge < -0.3 is 20.5 Å². The minimum Gasteiger partial charge on any atom is -0.491 e. The molecule has 190 valence electrons. The minimum absolute atomic E-state index is 0.184. The van der Waals surface area contributed by atoms with Crippen molar-refractivity contribution in [2.75, 3.05) is 31.0 Å². The molecule has 2 aromatic carbocycles. The first-order valence-electron chi connectivity index (χ1n) is 11.3. The Labute approximate surface area is 212 Å². The second kappa shape index (κ2) is 9.54. The number of rotatable bonds is 6. The Morgan fingerprint density at radius 3 is 2.62 bits per heavy atom. The summed E-state index contributed by atoms with van der Waals surface area (Å²) in [6.45, 7) is 1.43. The van der Waals surface area contributed by atoms with Crippen LogP contribution in [0.25, 0.3) is 10.9 Å². The molecule has 0 unspecified atom stereocenters. The van der Waals surface area contributed by atoms with E-state index in [2.05, 4.69) is 20.3 Å². The molecule has 0 saturated carbocycles. The number of nitrogens with one attached hydrogen (secondary N) is 1. The van der Waals surface area contributed by atoms with Crippen LogP contribution in [-0.2, 0) is 23.0 Å². The zero-order valence-corrected chi connectivity index (χ0v) is 20.9. The summed E-state index contributed by atoms with van der Waals surface area (Å²) in [7, 11) is -1.76. The maximum atomic E-state index is 12.8. The summed E-state index contributed by atoms with van der Waals surface area (Å²) in [6, 6.07) is 13.2. The number of sulfone groups is 1. The number of benzene rings is 2. The van der Waals surface area contributed by atoms with Gasteiger partial charge >= 0.3 is 0 Å². The van der Waals surface area contributed by atoms with Crippen LogP contribution >= 0.6 is 0 Å². The number of nitrogen functional groups attached to an aromatic ring is 1. The van der Waals surface area contributed by atoms with E-state index in [1.165, 1.54) is 19.4 Å². The second-order valence-electron chi connectivity index (χ2n) is 8.43. The molecule has 4 aromatic rings. The summed E-state index contributed by atoms with van der Waals surface area (Å²) in [5.74, 6) is 1.42. The Balaban J connectivity index is 1.53. The van der Waals surface area contributed by atoms with Crippen LogP contribution in [0.2, 0.25) is 0 Å². The number of pyridine rings is 1. The predicted octanol–water partition coefficient (Wildman–Crippen LogP) is 2.17. The molecule has 0 saturated heterocycles. The molecule has 12 heteroatoms. The Kier molecular flexibility index (Phi) is 6.25. The van der Waals surface area contributed by atoms with E-state index in [1.807, 2.05) is 10.6 Å². The Morgan fingerprint density at radius 1 is 1.16 bits per heavy atom. The van der Waals surface area contributed by atoms with Gasteiger partial charge in [0.15, 0.2) is 21.3 Å². The average molecular weight is 521 g/mol. The van der Waals surface area contributed by atoms with Gasteiger partial charge in [-0.25, -0.2) is 18.4 Å². The van der Waals surface area contributed by atoms with Gasteiger partial charge in [0.25, 0.3) is 5.91 Å². The summed E-state index contributed by atoms with van der Waals surface area (Å²) in [5.41, 5.74) is 7.40. The van der Waals surface area contributed by atoms with E-state index in [9.17, 15) is 13.2 Å². The Hall–Kier alpha value is -4.45. The van der Waals surface area contributed by atoms with Crippen LogP contribution in [0, 0.1) is 0 Å². The standard InChI is InChI=1S/C25H24N6O5S/c1-35-22-19(36-14-15-3-6-17(7-4-15)37(2,33)34)9-8-18-21(22)29-25(31-12-11-27-23(18)31)30-24(32)16-5-10-20(26)28-13-16/h3-10,13,27H,11-12,14H2,1-2H3,(H2,26,28). The zero-order valence-electron chi connectivity index (χ0n) is 20.1. The van der Waals surface area contributed by atoms with Crippen molar-refractivity contribution in [3.8, 4) is 11.5 Å². The normalized spacial score (nSPS) is 13.3. The summed E-state index contributed by atoms with van der Waals surface area (Å²) < 4.78 is 36.9. The molecule has 1 amide bonds. The lowest BCUT2D eigenvalue weighted by atomic mass is 10.2. The quantitative estimate of drug-likeness (QED) is 0.390. The van der Waals surface area contributed by atoms with Crippen molar-refractivity contribution < 1.29 is 22.7 Å². The number of anilines is 2. The SMILES string of the molecule is COc1c(OCc2ccc(S(C)(=O)=O)cc2)ccc2c3n(c(=NC(=O)c4ccc(N)nc4)nc12)CCN3. The maximum Gasteiger partial charge on any atom is 0.281 e. The summed E-state index contributed by atoms with van der Waals surface area (Å²) >= 11 is 0. The molecule has 0 aliphatic carbocycles. The number of hydrogen-bond acceptors (Lipinski definition) is 9. The molecule has 0 atom stereocenters. The maximum absolute atomic E-state index is 12.8. The number of carbonyl (C=O) groups is 1. The second-order valence-corrected chi connectivity index (χ2v) is 10.4. The highest BCUT2D eigenvalue weighted by atomic mass is 32.2. The van der Waals surface area contributed by atoms with Gasteiger partial charge in [-0.3, -0.25) is 9.36 Å². The Bertz CT molecular complexity index is 1680. The summed E-state index contributed by atoms with van der Waals surface area (Å²) in [4.78, 5) is 25.9. The third-order valence-electron chi connectivity index (χ3n) is 5.89. The van der Waals surface area contributed by atoms with Crippen LogP contribution < -0.4 is 26.1 Å². The predicted molar refractivity (Wildman–Crippen MR) is 137 cm³/mol. The molecule has 0 radical (unpaired) electrons. The van der Waals surface area contributed by atoms with Crippen LogP contribution in [0.15, 0.2) is 64.6 Å². The molecule has 0 bridgehead atoms. The van der Waals surface area contributed by atoms with E-state index < -0.39 is 15.7 Å². The largest absolute Gasteiger partial charge is 0.491 e. The molecule has 2 aromatic heterocycles. The number of ether oxygens (including phenoxy) is 2. The van der Waals surface area contributed by atoms with Gasteiger partial charge in [-0.2, -0.15) is 4.99 Å². The summed E-state index contributed by atoms with van der Waals surface area (Å²) in [6.07, 6.45) is 2.54. The van der Waals surface area contributed by atoms with Crippen LogP contribution in [0.3, 0.4) is 0 Å². The molecule has 1 aliphatic heterocycles. The first kappa shape index (κ1) is 24.3. The molecule has 37 heavy (non-hydrogen) atoms. The number of nitrogens with two attached hydrogens (primary N) is 1. The molecular formula is C25H24N6O5S. The number of amides is 1. The zero-order chi connectivity index (χ0) is 26.2. The number of hydrogen-bond donors (Lipinski definition) is 2. The van der Waals surface area contributed by atoms with Gasteiger partial charge in [0.05, 0.1) is 17.6 Å².